The maximum atomic E-state index is 13.7. The van der Waals surface area contributed by atoms with Crippen molar-refractivity contribution in [2.45, 2.75) is 96.4 Å². The average molecular weight is 772 g/mol. The van der Waals surface area contributed by atoms with Crippen LogP contribution in [0, 0.1) is 0 Å². The minimum Gasteiger partial charge on any atom is -0.489 e. The summed E-state index contributed by atoms with van der Waals surface area (Å²) in [6.45, 7) is 10.5. The highest BCUT2D eigenvalue weighted by Crippen LogP contribution is 2.39. The molecule has 292 valence electrons. The van der Waals surface area contributed by atoms with E-state index in [9.17, 15) is 13.2 Å². The number of hydrogen-bond donors (Lipinski definition) is 2. The van der Waals surface area contributed by atoms with Gasteiger partial charge in [0.05, 0.1) is 42.3 Å². The lowest BCUT2D eigenvalue weighted by atomic mass is 9.85. The molecule has 5 heterocycles. The third kappa shape index (κ3) is 8.70. The Balaban J connectivity index is 1.06. The van der Waals surface area contributed by atoms with E-state index in [2.05, 4.69) is 50.6 Å². The molecule has 0 spiro atoms. The molecule has 1 aromatic carbocycles. The second kappa shape index (κ2) is 15.5. The number of fused-ring (bicyclic) bond motifs is 2. The number of hydrogen-bond acceptors (Lipinski definition) is 11. The minimum atomic E-state index is -3.58. The topological polar surface area (TPSA) is 167 Å². The largest absolute Gasteiger partial charge is 0.489 e. The first-order valence-electron chi connectivity index (χ1n) is 18.7. The van der Waals surface area contributed by atoms with Crippen LogP contribution in [0.1, 0.15) is 95.7 Å². The van der Waals surface area contributed by atoms with E-state index in [1.54, 1.807) is 16.9 Å². The molecule has 4 atom stereocenters. The maximum absolute atomic E-state index is 13.7. The van der Waals surface area contributed by atoms with Gasteiger partial charge in [0.25, 0.3) is 10.1 Å². The van der Waals surface area contributed by atoms with E-state index in [1.165, 1.54) is 12.6 Å². The standard InChI is InChI=1S/C39H49N9O6S/c1-25-10-9-11-26(2)47(25)38-44-43-35-17-14-28(24-46(35)38)54-33-16-15-32(30-12-7-8-13-31(30)33)41-37(49)42-36-21-34(39(3,4)5)45-48(36)27-20-29(23-40-22-27)52-18-19-53-55(6,50)51/h7-8,12-14,17,20-26,32-33H,9-11,15-16,18-19H2,1-6H3,(H2,41,42,49)/t25-,26+,32-,33+/m0/s1. The smallest absolute Gasteiger partial charge is 0.320 e. The summed E-state index contributed by atoms with van der Waals surface area (Å²) in [7, 11) is -3.58. The van der Waals surface area contributed by atoms with Crippen molar-refractivity contribution in [1.29, 1.82) is 0 Å². The molecule has 1 aliphatic heterocycles. The molecule has 0 radical (unpaired) electrons. The molecule has 0 saturated carbocycles. The number of anilines is 2. The van der Waals surface area contributed by atoms with Gasteiger partial charge in [-0.05, 0) is 69.2 Å². The number of piperidine rings is 1. The third-order valence-electron chi connectivity index (χ3n) is 10.1. The fourth-order valence-corrected chi connectivity index (χ4v) is 7.77. The summed E-state index contributed by atoms with van der Waals surface area (Å²) in [4.78, 5) is 20.4. The summed E-state index contributed by atoms with van der Waals surface area (Å²) >= 11 is 0. The molecule has 0 unspecified atom stereocenters. The summed E-state index contributed by atoms with van der Waals surface area (Å²) in [5.41, 5.74) is 3.78. The van der Waals surface area contributed by atoms with Gasteiger partial charge in [-0.15, -0.1) is 10.2 Å². The van der Waals surface area contributed by atoms with Gasteiger partial charge < -0.3 is 19.7 Å². The van der Waals surface area contributed by atoms with E-state index < -0.39 is 10.1 Å². The zero-order valence-corrected chi connectivity index (χ0v) is 32.9. The molecule has 2 amide bonds. The Morgan fingerprint density at radius 3 is 2.44 bits per heavy atom. The first kappa shape index (κ1) is 38.1. The molecule has 15 nitrogen and oxygen atoms in total. The number of carbonyl (C=O) groups is 1. The van der Waals surface area contributed by atoms with Crippen molar-refractivity contribution in [2.24, 2.45) is 0 Å². The van der Waals surface area contributed by atoms with Crippen LogP contribution in [0.25, 0.3) is 11.3 Å². The molecule has 16 heteroatoms. The fourth-order valence-electron chi connectivity index (χ4n) is 7.40. The van der Waals surface area contributed by atoms with Gasteiger partial charge in [0.1, 0.15) is 36.6 Å². The number of pyridine rings is 2. The number of ether oxygens (including phenoxy) is 2. The monoisotopic (exact) mass is 771 g/mol. The van der Waals surface area contributed by atoms with Crippen LogP contribution >= 0.6 is 0 Å². The van der Waals surface area contributed by atoms with Crippen molar-refractivity contribution in [3.8, 4) is 17.2 Å². The number of aromatic nitrogens is 6. The lowest BCUT2D eigenvalue weighted by molar-refractivity contribution is 0.171. The molecule has 55 heavy (non-hydrogen) atoms. The maximum Gasteiger partial charge on any atom is 0.320 e. The summed E-state index contributed by atoms with van der Waals surface area (Å²) in [6.07, 6.45) is 10.7. The molecule has 1 fully saturated rings. The van der Waals surface area contributed by atoms with Crippen molar-refractivity contribution >= 4 is 33.6 Å². The first-order valence-corrected chi connectivity index (χ1v) is 20.5. The van der Waals surface area contributed by atoms with Crippen LogP contribution in [0.2, 0.25) is 0 Å². The number of benzene rings is 1. The normalized spacial score (nSPS) is 20.2. The van der Waals surface area contributed by atoms with Gasteiger partial charge in [0.15, 0.2) is 5.65 Å². The number of nitrogens with one attached hydrogen (secondary N) is 2. The van der Waals surface area contributed by atoms with E-state index in [0.717, 1.165) is 53.3 Å². The molecule has 4 aromatic heterocycles. The second-order valence-electron chi connectivity index (χ2n) is 15.4. The summed E-state index contributed by atoms with van der Waals surface area (Å²) in [6, 6.07) is 15.6. The van der Waals surface area contributed by atoms with E-state index >= 15 is 0 Å². The fraction of sp³-hybridized carbons (Fsp3) is 0.462. The van der Waals surface area contributed by atoms with Crippen LogP contribution in [0.15, 0.2) is 67.1 Å². The Bertz CT molecular complexity index is 2260. The Kier molecular flexibility index (Phi) is 10.7. The molecular weight excluding hydrogens is 723 g/mol. The van der Waals surface area contributed by atoms with Crippen LogP contribution in [0.4, 0.5) is 16.6 Å². The van der Waals surface area contributed by atoms with E-state index in [0.29, 0.717) is 42.2 Å². The lowest BCUT2D eigenvalue weighted by Crippen LogP contribution is -2.44. The third-order valence-corrected chi connectivity index (χ3v) is 10.7. The molecule has 2 aliphatic rings. The van der Waals surface area contributed by atoms with Crippen molar-refractivity contribution in [3.63, 3.8) is 0 Å². The number of amides is 2. The zero-order chi connectivity index (χ0) is 38.9. The average Bonchev–Trinajstić information content (AvgIpc) is 3.75. The van der Waals surface area contributed by atoms with Gasteiger partial charge in [-0.1, -0.05) is 45.0 Å². The van der Waals surface area contributed by atoms with E-state index in [1.807, 2.05) is 67.8 Å². The molecule has 7 rings (SSSR count). The van der Waals surface area contributed by atoms with Gasteiger partial charge in [0, 0.05) is 29.6 Å². The summed E-state index contributed by atoms with van der Waals surface area (Å²) in [5.74, 6) is 2.40. The molecular formula is C39H49N9O6S. The molecule has 1 aliphatic carbocycles. The first-order chi connectivity index (χ1) is 26.2. The van der Waals surface area contributed by atoms with E-state index in [-0.39, 0.29) is 36.8 Å². The van der Waals surface area contributed by atoms with Gasteiger partial charge in [0.2, 0.25) is 5.95 Å². The quantitative estimate of drug-likeness (QED) is 0.111. The SMILES string of the molecule is C[C@@H]1CCC[C@H](C)N1c1nnc2ccc(O[C@@H]3CC[C@H](NC(=O)Nc4cc(C(C)(C)C)nn4-c4cncc(OCCOS(C)(=O)=O)c4)c4ccccc43)cn12. The highest BCUT2D eigenvalue weighted by Gasteiger charge is 2.32. The molecule has 2 N–H and O–H groups in total. The Morgan fingerprint density at radius 1 is 0.927 bits per heavy atom. The van der Waals surface area contributed by atoms with Crippen molar-refractivity contribution < 1.29 is 26.9 Å². The van der Waals surface area contributed by atoms with Crippen LogP contribution in [0.5, 0.6) is 11.5 Å². The number of carbonyl (C=O) groups excluding carboxylic acids is 1. The summed E-state index contributed by atoms with van der Waals surface area (Å²) < 4.78 is 43.4. The Labute approximate surface area is 321 Å². The Morgan fingerprint density at radius 2 is 1.69 bits per heavy atom. The van der Waals surface area contributed by atoms with Gasteiger partial charge >= 0.3 is 6.03 Å². The molecule has 1 saturated heterocycles. The number of nitrogens with zero attached hydrogens (tertiary/aromatic N) is 7. The van der Waals surface area contributed by atoms with Crippen LogP contribution in [0.3, 0.4) is 0 Å². The van der Waals surface area contributed by atoms with Gasteiger partial charge in [-0.3, -0.25) is 18.9 Å². The van der Waals surface area contributed by atoms with Crippen LogP contribution < -0.4 is 25.0 Å². The van der Waals surface area contributed by atoms with Crippen LogP contribution in [-0.2, 0) is 19.7 Å². The highest BCUT2D eigenvalue weighted by molar-refractivity contribution is 7.85. The summed E-state index contributed by atoms with van der Waals surface area (Å²) in [5, 5.41) is 20.0. The zero-order valence-electron chi connectivity index (χ0n) is 32.1. The van der Waals surface area contributed by atoms with Crippen LogP contribution in [-0.4, -0.2) is 75.4 Å². The minimum absolute atomic E-state index is 0.00248. The number of urea groups is 1. The second-order valence-corrected chi connectivity index (χ2v) is 17.1. The predicted molar refractivity (Wildman–Crippen MR) is 209 cm³/mol. The number of rotatable bonds is 11. The van der Waals surface area contributed by atoms with E-state index in [4.69, 9.17) is 18.8 Å². The van der Waals surface area contributed by atoms with Gasteiger partial charge in [-0.25, -0.2) is 9.48 Å². The van der Waals surface area contributed by atoms with Crippen molar-refractivity contribution in [2.75, 3.05) is 29.7 Å². The lowest BCUT2D eigenvalue weighted by Gasteiger charge is -2.39. The van der Waals surface area contributed by atoms with Gasteiger partial charge in [-0.2, -0.15) is 13.5 Å². The highest BCUT2D eigenvalue weighted by atomic mass is 32.2. The molecule has 5 aromatic rings. The predicted octanol–water partition coefficient (Wildman–Crippen LogP) is 6.51. The van der Waals surface area contributed by atoms with Crippen molar-refractivity contribution in [1.82, 2.24) is 34.7 Å². The molecule has 0 bridgehead atoms. The van der Waals surface area contributed by atoms with Crippen molar-refractivity contribution in [3.05, 3.63) is 83.9 Å². The Hall–Kier alpha value is -5.22.